The average molecular weight is 370 g/mol. The predicted octanol–water partition coefficient (Wildman–Crippen LogP) is 1.42. The molecule has 1 aliphatic rings. The molecule has 1 fully saturated rings. The topological polar surface area (TPSA) is 63.8 Å². The van der Waals surface area contributed by atoms with Crippen LogP contribution in [0.1, 0.15) is 6.92 Å². The molecule has 0 saturated carbocycles. The number of nitrogen functional groups attached to an aromatic ring is 1. The Labute approximate surface area is 127 Å². The van der Waals surface area contributed by atoms with E-state index in [9.17, 15) is 0 Å². The first-order chi connectivity index (χ1) is 9.76. The van der Waals surface area contributed by atoms with Crippen molar-refractivity contribution < 1.29 is 0 Å². The van der Waals surface area contributed by atoms with E-state index in [-0.39, 0.29) is 0 Å². The van der Waals surface area contributed by atoms with Gasteiger partial charge in [0.1, 0.15) is 0 Å². The summed E-state index contributed by atoms with van der Waals surface area (Å²) in [7, 11) is 0. The Morgan fingerprint density at radius 1 is 1.25 bits per heavy atom. The molecule has 0 bridgehead atoms. The number of nitrogens with one attached hydrogen (secondary N) is 1. The van der Waals surface area contributed by atoms with E-state index in [0.29, 0.717) is 5.95 Å². The quantitative estimate of drug-likeness (QED) is 0.855. The van der Waals surface area contributed by atoms with Gasteiger partial charge in [0.2, 0.25) is 0 Å². The molecule has 0 atom stereocenters. The van der Waals surface area contributed by atoms with Crippen molar-refractivity contribution in [1.29, 1.82) is 0 Å². The van der Waals surface area contributed by atoms with Crippen molar-refractivity contribution in [3.05, 3.63) is 36.4 Å². The molecule has 0 amide bonds. The molecule has 3 rings (SSSR count). The molecule has 5 heteroatoms. The Hall–Kier alpha value is -1.07. The van der Waals surface area contributed by atoms with Gasteiger partial charge < -0.3 is 0 Å². The fraction of sp³-hybridized carbons (Fsp3) is 0.333. The number of nitrogens with two attached hydrogens (primary N) is 1. The van der Waals surface area contributed by atoms with Gasteiger partial charge in [0.15, 0.2) is 0 Å². The molecule has 4 nitrogen and oxygen atoms in total. The van der Waals surface area contributed by atoms with Gasteiger partial charge in [0.05, 0.1) is 0 Å². The Morgan fingerprint density at radius 3 is 2.70 bits per heavy atom. The van der Waals surface area contributed by atoms with Gasteiger partial charge in [-0.15, -0.1) is 0 Å². The molecule has 1 aliphatic heterocycles. The van der Waals surface area contributed by atoms with Gasteiger partial charge in [-0.2, -0.15) is 0 Å². The van der Waals surface area contributed by atoms with E-state index in [2.05, 4.69) is 40.4 Å². The van der Waals surface area contributed by atoms with Crippen molar-refractivity contribution in [3.63, 3.8) is 0 Å². The number of hydrogen-bond donors (Lipinski definition) is 2. The van der Waals surface area contributed by atoms with E-state index in [1.807, 2.05) is 18.2 Å². The summed E-state index contributed by atoms with van der Waals surface area (Å²) in [4.78, 5) is 8.89. The van der Waals surface area contributed by atoms with Crippen LogP contribution in [0.15, 0.2) is 36.4 Å². The second-order valence-corrected chi connectivity index (χ2v) is 13.7. The van der Waals surface area contributed by atoms with E-state index in [1.54, 1.807) is 0 Å². The third kappa shape index (κ3) is 2.99. The molecule has 102 valence electrons. The van der Waals surface area contributed by atoms with Crippen molar-refractivity contribution >= 4 is 30.8 Å². The molecular weight excluding hydrogens is 351 g/mol. The van der Waals surface area contributed by atoms with Crippen LogP contribution < -0.4 is 14.5 Å². The summed E-state index contributed by atoms with van der Waals surface area (Å²) in [5.74, 6) is 0.421. The summed E-state index contributed by atoms with van der Waals surface area (Å²) in [6.45, 7) is 3.23. The number of aromatic nitrogens is 2. The van der Waals surface area contributed by atoms with E-state index >= 15 is 0 Å². The number of nitrogens with zero attached hydrogens (tertiary/aromatic N) is 2. The van der Waals surface area contributed by atoms with Crippen molar-refractivity contribution in [1.82, 2.24) is 15.3 Å². The second-order valence-electron chi connectivity index (χ2n) is 5.33. The number of benzene rings is 1. The minimum absolute atomic E-state index is 0.421. The maximum absolute atomic E-state index is 5.90. The van der Waals surface area contributed by atoms with Gasteiger partial charge in [-0.3, -0.25) is 0 Å². The van der Waals surface area contributed by atoms with Crippen LogP contribution in [0.5, 0.6) is 0 Å². The van der Waals surface area contributed by atoms with E-state index in [1.165, 1.54) is 11.8 Å². The summed E-state index contributed by atoms with van der Waals surface area (Å²) in [6, 6.07) is 13.1. The normalized spacial score (nSPS) is 15.2. The first-order valence-electron chi connectivity index (χ1n) is 7.19. The maximum atomic E-state index is 5.90. The standard InChI is InChI=1S/C10H8N3.C5H11N.In/c11-10-12-7-6-9(13-10)8-4-2-1-3-5-8;1-4-6-5(2)3;/h1-6H,(H2,11,12,13);5-6H,2-4H2,1H3;. The van der Waals surface area contributed by atoms with Crippen LogP contribution in [0.2, 0.25) is 8.35 Å². The third-order valence-corrected chi connectivity index (χ3v) is 13.6. The van der Waals surface area contributed by atoms with Crippen LogP contribution in [0.3, 0.4) is 0 Å². The summed E-state index contributed by atoms with van der Waals surface area (Å²) in [5.41, 5.74) is 7.99. The zero-order chi connectivity index (χ0) is 13.9. The van der Waals surface area contributed by atoms with Crippen LogP contribution in [0.4, 0.5) is 5.95 Å². The van der Waals surface area contributed by atoms with Gasteiger partial charge in [-0.05, 0) is 0 Å². The predicted molar refractivity (Wildman–Crippen MR) is 84.3 cm³/mol. The van der Waals surface area contributed by atoms with E-state index < -0.39 is 21.4 Å². The first kappa shape index (κ1) is 13.9. The van der Waals surface area contributed by atoms with Crippen molar-refractivity contribution in [3.8, 4) is 11.3 Å². The number of hydrogen-bond acceptors (Lipinski definition) is 4. The molecular formula is C15H19InN4. The Bertz CT molecular complexity index is 582. The Morgan fingerprint density at radius 2 is 2.00 bits per heavy atom. The van der Waals surface area contributed by atoms with Crippen molar-refractivity contribution in [2.24, 2.45) is 0 Å². The second kappa shape index (κ2) is 6.14. The van der Waals surface area contributed by atoms with Crippen LogP contribution in [0.25, 0.3) is 11.3 Å². The number of anilines is 1. The molecule has 0 aliphatic carbocycles. The molecule has 1 aromatic heterocycles. The van der Waals surface area contributed by atoms with E-state index in [0.717, 1.165) is 23.8 Å². The van der Waals surface area contributed by atoms with Crippen LogP contribution in [0, 0.1) is 0 Å². The fourth-order valence-corrected chi connectivity index (χ4v) is 10.6. The van der Waals surface area contributed by atoms with Gasteiger partial charge >= 0.3 is 127 Å². The number of rotatable bonds is 4. The molecule has 0 radical (unpaired) electrons. The summed E-state index contributed by atoms with van der Waals surface area (Å²) in [5, 5.41) is 3.52. The molecule has 2 aromatic rings. The molecule has 20 heavy (non-hydrogen) atoms. The van der Waals surface area contributed by atoms with Crippen LogP contribution in [-0.4, -0.2) is 44.0 Å². The first-order valence-corrected chi connectivity index (χ1v) is 13.5. The molecule has 2 heterocycles. The van der Waals surface area contributed by atoms with E-state index in [4.69, 9.17) is 5.73 Å². The van der Waals surface area contributed by atoms with Gasteiger partial charge in [0.25, 0.3) is 0 Å². The van der Waals surface area contributed by atoms with Crippen molar-refractivity contribution in [2.75, 3.05) is 12.3 Å². The molecule has 1 saturated heterocycles. The summed E-state index contributed by atoms with van der Waals surface area (Å²) < 4.78 is 3.98. The molecule has 3 N–H and O–H groups in total. The zero-order valence-electron chi connectivity index (χ0n) is 11.7. The Kier molecular flexibility index (Phi) is 4.27. The molecule has 1 aromatic carbocycles. The molecule has 0 spiro atoms. The minimum atomic E-state index is -1.65. The average Bonchev–Trinajstić information content (AvgIpc) is 2.42. The summed E-state index contributed by atoms with van der Waals surface area (Å²) in [6.07, 6.45) is 0. The van der Waals surface area contributed by atoms with Crippen molar-refractivity contribution in [2.45, 2.75) is 21.3 Å². The molecule has 0 unspecified atom stereocenters. The zero-order valence-corrected chi connectivity index (χ0v) is 15.0. The fourth-order valence-electron chi connectivity index (χ4n) is 2.77. The van der Waals surface area contributed by atoms with Gasteiger partial charge in [-0.25, -0.2) is 0 Å². The third-order valence-electron chi connectivity index (χ3n) is 3.88. The van der Waals surface area contributed by atoms with Crippen LogP contribution in [-0.2, 0) is 0 Å². The summed E-state index contributed by atoms with van der Waals surface area (Å²) >= 11 is -1.65. The Balaban J connectivity index is 1.82. The SMILES string of the molecule is CCNC1[CH2][In]([c]2cc(-c3ccccc3)nc(N)n2)[CH2]1. The van der Waals surface area contributed by atoms with Gasteiger partial charge in [0, 0.05) is 0 Å². The van der Waals surface area contributed by atoms with Gasteiger partial charge in [-0.1, -0.05) is 0 Å². The monoisotopic (exact) mass is 370 g/mol. The van der Waals surface area contributed by atoms with Crippen LogP contribution >= 0.6 is 0 Å².